The Balaban J connectivity index is 1.50. The zero-order valence-corrected chi connectivity index (χ0v) is 18.4. The number of rotatable bonds is 6. The molecule has 0 bridgehead atoms. The topological polar surface area (TPSA) is 120 Å². The first-order valence-electron chi connectivity index (χ1n) is 9.62. The summed E-state index contributed by atoms with van der Waals surface area (Å²) in [6.07, 6.45) is 1.61. The van der Waals surface area contributed by atoms with Crippen LogP contribution in [-0.2, 0) is 4.79 Å². The van der Waals surface area contributed by atoms with E-state index in [1.165, 1.54) is 33.7 Å². The molecule has 1 aliphatic heterocycles. The van der Waals surface area contributed by atoms with Crippen molar-refractivity contribution in [2.45, 2.75) is 0 Å². The number of hydrazone groups is 2. The van der Waals surface area contributed by atoms with Crippen LogP contribution in [0, 0.1) is 0 Å². The average Bonchev–Trinajstić information content (AvgIpc) is 3.59. The predicted molar refractivity (Wildman–Crippen MR) is 128 cm³/mol. The van der Waals surface area contributed by atoms with Gasteiger partial charge in [0.15, 0.2) is 11.4 Å². The van der Waals surface area contributed by atoms with Gasteiger partial charge in [-0.3, -0.25) is 10.2 Å². The predicted octanol–water partition coefficient (Wildman–Crippen LogP) is 4.18. The third-order valence-corrected chi connectivity index (χ3v) is 6.24. The lowest BCUT2D eigenvalue weighted by atomic mass is 10.2. The van der Waals surface area contributed by atoms with E-state index in [4.69, 9.17) is 0 Å². The van der Waals surface area contributed by atoms with Gasteiger partial charge in [-0.05, 0) is 12.1 Å². The maximum atomic E-state index is 13.3. The van der Waals surface area contributed by atoms with Gasteiger partial charge in [-0.25, -0.2) is 14.8 Å². The number of carbonyl (C=O) groups is 2. The van der Waals surface area contributed by atoms with Crippen molar-refractivity contribution in [2.75, 3.05) is 10.4 Å². The molecule has 1 amide bonds. The van der Waals surface area contributed by atoms with Crippen molar-refractivity contribution in [1.29, 1.82) is 0 Å². The number of carbonyl (C=O) groups excluding carboxylic acids is 1. The molecule has 2 aromatic carbocycles. The summed E-state index contributed by atoms with van der Waals surface area (Å²) in [4.78, 5) is 33.6. The van der Waals surface area contributed by atoms with Crippen molar-refractivity contribution in [3.8, 4) is 11.3 Å². The van der Waals surface area contributed by atoms with E-state index in [1.807, 2.05) is 35.7 Å². The number of benzene rings is 2. The molecule has 5 rings (SSSR count). The fraction of sp³-hybridized carbons (Fsp3) is 0. The van der Waals surface area contributed by atoms with E-state index in [0.717, 1.165) is 11.3 Å². The summed E-state index contributed by atoms with van der Waals surface area (Å²) in [5.41, 5.74) is 4.94. The smallest absolute Gasteiger partial charge is 0.337 e. The van der Waals surface area contributed by atoms with Crippen LogP contribution >= 0.6 is 22.7 Å². The van der Waals surface area contributed by atoms with Crippen LogP contribution in [0.1, 0.15) is 15.4 Å². The number of carboxylic acids is 1. The van der Waals surface area contributed by atoms with Gasteiger partial charge in [0.1, 0.15) is 5.01 Å². The molecule has 0 saturated heterocycles. The van der Waals surface area contributed by atoms with E-state index < -0.39 is 11.9 Å². The second kappa shape index (κ2) is 8.73. The van der Waals surface area contributed by atoms with Gasteiger partial charge in [0, 0.05) is 22.5 Å². The molecule has 0 fully saturated rings. The number of para-hydroxylation sites is 1. The third kappa shape index (κ3) is 4.02. The van der Waals surface area contributed by atoms with Crippen molar-refractivity contribution in [2.24, 2.45) is 10.2 Å². The quantitative estimate of drug-likeness (QED) is 0.405. The highest BCUT2D eigenvalue weighted by Gasteiger charge is 2.37. The van der Waals surface area contributed by atoms with Crippen molar-refractivity contribution in [3.05, 3.63) is 82.1 Å². The number of hydrogen-bond acceptors (Lipinski definition) is 9. The first-order valence-corrected chi connectivity index (χ1v) is 11.4. The van der Waals surface area contributed by atoms with Crippen LogP contribution in [0.15, 0.2) is 81.8 Å². The molecule has 0 spiro atoms. The van der Waals surface area contributed by atoms with Crippen molar-refractivity contribution >= 4 is 56.8 Å². The highest BCUT2D eigenvalue weighted by molar-refractivity contribution is 7.15. The molecule has 33 heavy (non-hydrogen) atoms. The Morgan fingerprint density at radius 2 is 1.85 bits per heavy atom. The van der Waals surface area contributed by atoms with Gasteiger partial charge in [0.05, 0.1) is 16.9 Å². The Morgan fingerprint density at radius 1 is 1.06 bits per heavy atom. The molecular formula is C22H14N6O3S2. The Morgan fingerprint density at radius 3 is 2.61 bits per heavy atom. The summed E-state index contributed by atoms with van der Waals surface area (Å²) < 4.78 is 0. The first kappa shape index (κ1) is 20.7. The molecule has 0 saturated carbocycles. The van der Waals surface area contributed by atoms with E-state index in [-0.39, 0.29) is 22.7 Å². The van der Waals surface area contributed by atoms with Crippen LogP contribution in [0.25, 0.3) is 11.3 Å². The summed E-state index contributed by atoms with van der Waals surface area (Å²) in [5.74, 6) is -1.60. The van der Waals surface area contributed by atoms with Crippen LogP contribution < -0.4 is 10.4 Å². The minimum absolute atomic E-state index is 0.0154. The molecule has 0 radical (unpaired) electrons. The summed E-state index contributed by atoms with van der Waals surface area (Å²) in [7, 11) is 0. The number of aromatic carboxylic acids is 1. The van der Waals surface area contributed by atoms with E-state index in [0.29, 0.717) is 10.1 Å². The van der Waals surface area contributed by atoms with Gasteiger partial charge in [-0.2, -0.15) is 15.2 Å². The largest absolute Gasteiger partial charge is 0.478 e. The maximum absolute atomic E-state index is 13.3. The molecular weight excluding hydrogens is 460 g/mol. The first-order chi connectivity index (χ1) is 16.1. The zero-order valence-electron chi connectivity index (χ0n) is 16.7. The standard InChI is InChI=1S/C22H14N6O3S2/c29-20-18(26-25-15-9-5-4-8-14(15)21(30)31)17(19-23-10-11-32-19)27-28(20)22-24-16(12-33-22)13-6-2-1-3-7-13/h1-12,25H,(H,30,31)/b26-18+. The number of nitrogens with zero attached hydrogens (tertiary/aromatic N) is 5. The highest BCUT2D eigenvalue weighted by Crippen LogP contribution is 2.30. The molecule has 0 unspecified atom stereocenters. The van der Waals surface area contributed by atoms with Crippen LogP contribution in [0.2, 0.25) is 0 Å². The summed E-state index contributed by atoms with van der Waals surface area (Å²) in [6.45, 7) is 0. The Hall–Kier alpha value is -4.22. The number of amides is 1. The third-order valence-electron chi connectivity index (χ3n) is 4.64. The monoisotopic (exact) mass is 474 g/mol. The Kier molecular flexibility index (Phi) is 5.47. The normalized spacial score (nSPS) is 14.5. The lowest BCUT2D eigenvalue weighted by molar-refractivity contribution is -0.112. The SMILES string of the molecule is O=C(O)c1ccccc1N/N=C1/C(=O)N(c2nc(-c3ccccc3)cs2)N=C1c1nccs1. The minimum atomic E-state index is -1.11. The molecule has 3 heterocycles. The number of carboxylic acid groups (broad SMARTS) is 1. The van der Waals surface area contributed by atoms with Crippen LogP contribution in [-0.4, -0.2) is 38.4 Å². The van der Waals surface area contributed by atoms with Gasteiger partial charge in [-0.15, -0.1) is 22.7 Å². The van der Waals surface area contributed by atoms with Crippen LogP contribution in [0.4, 0.5) is 10.8 Å². The zero-order chi connectivity index (χ0) is 22.8. The fourth-order valence-corrected chi connectivity index (χ4v) is 4.50. The van der Waals surface area contributed by atoms with E-state index in [9.17, 15) is 14.7 Å². The lowest BCUT2D eigenvalue weighted by Gasteiger charge is -2.07. The molecule has 2 N–H and O–H groups in total. The van der Waals surface area contributed by atoms with Gasteiger partial charge in [-0.1, -0.05) is 42.5 Å². The van der Waals surface area contributed by atoms with Crippen molar-refractivity contribution < 1.29 is 14.7 Å². The number of nitrogens with one attached hydrogen (secondary N) is 1. The minimum Gasteiger partial charge on any atom is -0.478 e. The molecule has 9 nitrogen and oxygen atoms in total. The van der Waals surface area contributed by atoms with Crippen LogP contribution in [0.3, 0.4) is 0 Å². The molecule has 162 valence electrons. The number of aromatic nitrogens is 2. The molecule has 4 aromatic rings. The van der Waals surface area contributed by atoms with Gasteiger partial charge < -0.3 is 5.11 Å². The summed E-state index contributed by atoms with van der Waals surface area (Å²) >= 11 is 2.60. The van der Waals surface area contributed by atoms with Crippen molar-refractivity contribution in [1.82, 2.24) is 9.97 Å². The molecule has 0 atom stereocenters. The Labute approximate surface area is 195 Å². The number of hydrogen-bond donors (Lipinski definition) is 2. The second-order valence-electron chi connectivity index (χ2n) is 6.71. The number of anilines is 2. The van der Waals surface area contributed by atoms with Gasteiger partial charge >= 0.3 is 11.9 Å². The maximum Gasteiger partial charge on any atom is 0.337 e. The lowest BCUT2D eigenvalue weighted by Crippen LogP contribution is -2.28. The second-order valence-corrected chi connectivity index (χ2v) is 8.44. The fourth-order valence-electron chi connectivity index (χ4n) is 3.10. The van der Waals surface area contributed by atoms with E-state index >= 15 is 0 Å². The molecule has 2 aromatic heterocycles. The molecule has 0 aliphatic carbocycles. The molecule has 1 aliphatic rings. The van der Waals surface area contributed by atoms with Crippen molar-refractivity contribution in [3.63, 3.8) is 0 Å². The summed E-state index contributed by atoms with van der Waals surface area (Å²) in [5, 5.41) is 23.8. The number of thiazole rings is 2. The molecule has 11 heteroatoms. The van der Waals surface area contributed by atoms with Gasteiger partial charge in [0.2, 0.25) is 5.13 Å². The van der Waals surface area contributed by atoms with Crippen LogP contribution in [0.5, 0.6) is 0 Å². The summed E-state index contributed by atoms with van der Waals surface area (Å²) in [6, 6.07) is 15.9. The highest BCUT2D eigenvalue weighted by atomic mass is 32.1. The van der Waals surface area contributed by atoms with Gasteiger partial charge in [0.25, 0.3) is 0 Å². The van der Waals surface area contributed by atoms with E-state index in [1.54, 1.807) is 29.8 Å². The van der Waals surface area contributed by atoms with E-state index in [2.05, 4.69) is 25.6 Å². The average molecular weight is 475 g/mol. The Bertz CT molecular complexity index is 1400.